The molecule has 3 heteroatoms. The lowest BCUT2D eigenvalue weighted by Crippen LogP contribution is -2.47. The smallest absolute Gasteiger partial charge is 0.0693 e. The third kappa shape index (κ3) is 1.92. The molecule has 2 rings (SSSR count). The summed E-state index contributed by atoms with van der Waals surface area (Å²) < 4.78 is 2.04. The first-order valence-electron chi connectivity index (χ1n) is 4.78. The van der Waals surface area contributed by atoms with E-state index < -0.39 is 0 Å². The van der Waals surface area contributed by atoms with Crippen LogP contribution in [-0.2, 0) is 13.6 Å². The van der Waals surface area contributed by atoms with Crippen molar-refractivity contribution in [3.63, 3.8) is 0 Å². The van der Waals surface area contributed by atoms with Gasteiger partial charge in [0.1, 0.15) is 0 Å². The van der Waals surface area contributed by atoms with Crippen molar-refractivity contribution in [1.82, 2.24) is 9.88 Å². The van der Waals surface area contributed by atoms with Gasteiger partial charge in [-0.25, -0.2) is 0 Å². The Morgan fingerprint density at radius 1 is 1.62 bits per heavy atom. The first-order chi connectivity index (χ1) is 6.25. The van der Waals surface area contributed by atoms with Crippen LogP contribution in [0.1, 0.15) is 18.4 Å². The molecular formula is C10H16N2O. The standard InChI is InChI=1S/C10H16N2O/c1-12-5-4-8(7-12)6-11-9-2-3-10(9)13/h4-5,7,9-11,13H,2-3,6H2,1H3/t9-,10-/m1/s1. The van der Waals surface area contributed by atoms with Crippen molar-refractivity contribution in [3.05, 3.63) is 24.0 Å². The molecule has 1 fully saturated rings. The lowest BCUT2D eigenvalue weighted by atomic mass is 9.89. The predicted octanol–water partition coefficient (Wildman–Crippen LogP) is 0.638. The number of rotatable bonds is 3. The van der Waals surface area contributed by atoms with Crippen LogP contribution in [0.2, 0.25) is 0 Å². The Hall–Kier alpha value is -0.800. The number of nitrogens with zero attached hydrogens (tertiary/aromatic N) is 1. The second kappa shape index (κ2) is 3.52. The minimum atomic E-state index is -0.122. The van der Waals surface area contributed by atoms with Gasteiger partial charge in [0.05, 0.1) is 6.10 Å². The molecule has 1 heterocycles. The summed E-state index contributed by atoms with van der Waals surface area (Å²) in [6.07, 6.45) is 6.07. The minimum Gasteiger partial charge on any atom is -0.392 e. The van der Waals surface area contributed by atoms with E-state index >= 15 is 0 Å². The first kappa shape index (κ1) is 8.78. The Balaban J connectivity index is 1.79. The van der Waals surface area contributed by atoms with E-state index in [0.29, 0.717) is 6.04 Å². The van der Waals surface area contributed by atoms with Gasteiger partial charge in [-0.1, -0.05) is 0 Å². The van der Waals surface area contributed by atoms with Crippen LogP contribution in [0.15, 0.2) is 18.5 Å². The summed E-state index contributed by atoms with van der Waals surface area (Å²) in [5, 5.41) is 12.7. The molecule has 0 bridgehead atoms. The van der Waals surface area contributed by atoms with Crippen LogP contribution in [-0.4, -0.2) is 21.8 Å². The Labute approximate surface area is 78.4 Å². The number of aliphatic hydroxyl groups is 1. The Bertz CT molecular complexity index is 282. The highest BCUT2D eigenvalue weighted by molar-refractivity contribution is 5.10. The van der Waals surface area contributed by atoms with Gasteiger partial charge in [-0.3, -0.25) is 0 Å². The number of aromatic nitrogens is 1. The number of aryl methyl sites for hydroxylation is 1. The molecule has 0 saturated heterocycles. The average Bonchev–Trinajstić information content (AvgIpc) is 2.49. The van der Waals surface area contributed by atoms with Gasteiger partial charge in [-0.15, -0.1) is 0 Å². The van der Waals surface area contributed by atoms with Crippen LogP contribution in [0, 0.1) is 0 Å². The summed E-state index contributed by atoms with van der Waals surface area (Å²) in [6, 6.07) is 2.41. The van der Waals surface area contributed by atoms with Gasteiger partial charge in [0, 0.05) is 32.0 Å². The molecule has 2 atom stereocenters. The summed E-state index contributed by atoms with van der Waals surface area (Å²) in [5.74, 6) is 0. The summed E-state index contributed by atoms with van der Waals surface area (Å²) >= 11 is 0. The van der Waals surface area contributed by atoms with Gasteiger partial charge in [-0.2, -0.15) is 0 Å². The molecule has 0 amide bonds. The van der Waals surface area contributed by atoms with Crippen molar-refractivity contribution >= 4 is 0 Å². The van der Waals surface area contributed by atoms with Crippen LogP contribution in [0.5, 0.6) is 0 Å². The lowest BCUT2D eigenvalue weighted by Gasteiger charge is -2.33. The van der Waals surface area contributed by atoms with Crippen LogP contribution < -0.4 is 5.32 Å². The fraction of sp³-hybridized carbons (Fsp3) is 0.600. The zero-order valence-corrected chi connectivity index (χ0v) is 7.90. The predicted molar refractivity (Wildman–Crippen MR) is 51.3 cm³/mol. The number of aliphatic hydroxyl groups excluding tert-OH is 1. The SMILES string of the molecule is Cn1ccc(CN[C@@H]2CC[C@H]2O)c1. The molecule has 13 heavy (non-hydrogen) atoms. The van der Waals surface area contributed by atoms with Crippen LogP contribution in [0.3, 0.4) is 0 Å². The zero-order chi connectivity index (χ0) is 9.26. The van der Waals surface area contributed by atoms with Crippen molar-refractivity contribution in [2.24, 2.45) is 7.05 Å². The molecular weight excluding hydrogens is 164 g/mol. The molecule has 1 aromatic rings. The molecule has 0 aliphatic heterocycles. The summed E-state index contributed by atoms with van der Waals surface area (Å²) in [5.41, 5.74) is 1.28. The fourth-order valence-corrected chi connectivity index (χ4v) is 1.63. The number of hydrogen-bond donors (Lipinski definition) is 2. The normalized spacial score (nSPS) is 27.2. The third-order valence-corrected chi connectivity index (χ3v) is 2.70. The van der Waals surface area contributed by atoms with E-state index in [1.54, 1.807) is 0 Å². The van der Waals surface area contributed by atoms with E-state index in [1.165, 1.54) is 5.56 Å². The summed E-state index contributed by atoms with van der Waals surface area (Å²) in [7, 11) is 2.02. The topological polar surface area (TPSA) is 37.2 Å². The highest BCUT2D eigenvalue weighted by Gasteiger charge is 2.27. The minimum absolute atomic E-state index is 0.122. The molecule has 3 nitrogen and oxygen atoms in total. The quantitative estimate of drug-likeness (QED) is 0.716. The molecule has 0 unspecified atom stereocenters. The average molecular weight is 180 g/mol. The molecule has 1 aliphatic carbocycles. The molecule has 2 N–H and O–H groups in total. The van der Waals surface area contributed by atoms with Crippen LogP contribution in [0.25, 0.3) is 0 Å². The molecule has 0 aromatic carbocycles. The zero-order valence-electron chi connectivity index (χ0n) is 7.90. The maximum Gasteiger partial charge on any atom is 0.0693 e. The Morgan fingerprint density at radius 3 is 2.92 bits per heavy atom. The van der Waals surface area contributed by atoms with Gasteiger partial charge in [0.15, 0.2) is 0 Å². The van der Waals surface area contributed by atoms with E-state index in [2.05, 4.69) is 17.6 Å². The largest absolute Gasteiger partial charge is 0.392 e. The third-order valence-electron chi connectivity index (χ3n) is 2.70. The second-order valence-corrected chi connectivity index (χ2v) is 3.82. The summed E-state index contributed by atoms with van der Waals surface area (Å²) in [6.45, 7) is 0.864. The summed E-state index contributed by atoms with van der Waals surface area (Å²) in [4.78, 5) is 0. The molecule has 0 spiro atoms. The Morgan fingerprint density at radius 2 is 2.46 bits per heavy atom. The fourth-order valence-electron chi connectivity index (χ4n) is 1.63. The highest BCUT2D eigenvalue weighted by Crippen LogP contribution is 2.19. The van der Waals surface area contributed by atoms with Crippen LogP contribution >= 0.6 is 0 Å². The van der Waals surface area contributed by atoms with Crippen molar-refractivity contribution in [1.29, 1.82) is 0 Å². The van der Waals surface area contributed by atoms with Gasteiger partial charge < -0.3 is 15.0 Å². The van der Waals surface area contributed by atoms with Crippen LogP contribution in [0.4, 0.5) is 0 Å². The van der Waals surface area contributed by atoms with E-state index in [4.69, 9.17) is 0 Å². The molecule has 1 aliphatic rings. The molecule has 72 valence electrons. The second-order valence-electron chi connectivity index (χ2n) is 3.82. The van der Waals surface area contributed by atoms with Crippen molar-refractivity contribution in [2.75, 3.05) is 0 Å². The molecule has 1 saturated carbocycles. The maximum absolute atomic E-state index is 9.32. The first-order valence-corrected chi connectivity index (χ1v) is 4.78. The maximum atomic E-state index is 9.32. The van der Waals surface area contributed by atoms with E-state index in [-0.39, 0.29) is 6.10 Å². The van der Waals surface area contributed by atoms with Crippen molar-refractivity contribution in [2.45, 2.75) is 31.5 Å². The molecule has 0 radical (unpaired) electrons. The number of hydrogen-bond acceptors (Lipinski definition) is 2. The number of nitrogens with one attached hydrogen (secondary N) is 1. The molecule has 1 aromatic heterocycles. The van der Waals surface area contributed by atoms with Crippen molar-refractivity contribution < 1.29 is 5.11 Å². The van der Waals surface area contributed by atoms with Gasteiger partial charge in [0.25, 0.3) is 0 Å². The van der Waals surface area contributed by atoms with Gasteiger partial charge in [0.2, 0.25) is 0 Å². The van der Waals surface area contributed by atoms with Crippen molar-refractivity contribution in [3.8, 4) is 0 Å². The Kier molecular flexibility index (Phi) is 2.38. The monoisotopic (exact) mass is 180 g/mol. The lowest BCUT2D eigenvalue weighted by molar-refractivity contribution is 0.0493. The van der Waals surface area contributed by atoms with E-state index in [9.17, 15) is 5.11 Å². The van der Waals surface area contributed by atoms with E-state index in [1.807, 2.05) is 17.8 Å². The van der Waals surface area contributed by atoms with Gasteiger partial charge in [-0.05, 0) is 24.5 Å². The van der Waals surface area contributed by atoms with Gasteiger partial charge >= 0.3 is 0 Å². The van der Waals surface area contributed by atoms with E-state index in [0.717, 1.165) is 19.4 Å². The highest BCUT2D eigenvalue weighted by atomic mass is 16.3.